The van der Waals surface area contributed by atoms with Gasteiger partial charge in [-0.05, 0) is 20.3 Å². The maximum atomic E-state index is 12.4. The summed E-state index contributed by atoms with van der Waals surface area (Å²) in [5, 5.41) is 0. The average Bonchev–Trinajstić information content (AvgIpc) is 2.79. The van der Waals surface area contributed by atoms with E-state index in [9.17, 15) is 4.79 Å². The standard InChI is InChI=1S/C19H32O2/c1-5-6-7-8-9-10-11-12-17(20)19(21-4)18-15(2)13-14-16(18)3/h13-14,18-19H,5-12H2,1-4H3. The van der Waals surface area contributed by atoms with Crippen LogP contribution in [0.3, 0.4) is 0 Å². The first kappa shape index (κ1) is 18.2. The second kappa shape index (κ2) is 9.94. The van der Waals surface area contributed by atoms with Crippen LogP contribution < -0.4 is 0 Å². The molecule has 0 aromatic heterocycles. The number of carbonyl (C=O) groups is 1. The third kappa shape index (κ3) is 5.78. The van der Waals surface area contributed by atoms with Gasteiger partial charge >= 0.3 is 0 Å². The van der Waals surface area contributed by atoms with Crippen LogP contribution in [-0.2, 0) is 9.53 Å². The third-order valence-corrected chi connectivity index (χ3v) is 4.49. The molecule has 0 aliphatic heterocycles. The summed E-state index contributed by atoms with van der Waals surface area (Å²) >= 11 is 0. The van der Waals surface area contributed by atoms with Crippen LogP contribution in [0.15, 0.2) is 23.3 Å². The van der Waals surface area contributed by atoms with Gasteiger partial charge in [-0.3, -0.25) is 4.79 Å². The van der Waals surface area contributed by atoms with Crippen molar-refractivity contribution in [2.45, 2.75) is 78.2 Å². The molecule has 0 N–H and O–H groups in total. The molecular formula is C19H32O2. The van der Waals surface area contributed by atoms with E-state index in [0.29, 0.717) is 6.42 Å². The predicted molar refractivity (Wildman–Crippen MR) is 89.4 cm³/mol. The van der Waals surface area contributed by atoms with E-state index in [0.717, 1.165) is 6.42 Å². The molecule has 0 saturated heterocycles. The number of methoxy groups -OCH3 is 1. The summed E-state index contributed by atoms with van der Waals surface area (Å²) in [5.41, 5.74) is 2.49. The average molecular weight is 292 g/mol. The largest absolute Gasteiger partial charge is 0.373 e. The number of carbonyl (C=O) groups excluding carboxylic acids is 1. The van der Waals surface area contributed by atoms with Gasteiger partial charge < -0.3 is 4.74 Å². The van der Waals surface area contributed by atoms with Crippen LogP contribution in [0.4, 0.5) is 0 Å². The zero-order chi connectivity index (χ0) is 15.7. The van der Waals surface area contributed by atoms with Gasteiger partial charge in [0.05, 0.1) is 0 Å². The van der Waals surface area contributed by atoms with Gasteiger partial charge in [-0.2, -0.15) is 0 Å². The molecule has 1 rings (SSSR count). The fraction of sp³-hybridized carbons (Fsp3) is 0.737. The van der Waals surface area contributed by atoms with Crippen LogP contribution in [0.25, 0.3) is 0 Å². The van der Waals surface area contributed by atoms with Gasteiger partial charge in [0.2, 0.25) is 0 Å². The molecule has 0 bridgehead atoms. The summed E-state index contributed by atoms with van der Waals surface area (Å²) in [6.45, 7) is 6.41. The zero-order valence-electron chi connectivity index (χ0n) is 14.3. The number of Topliss-reactive ketones (excluding diaryl/α,β-unsaturated/α-hetero) is 1. The molecule has 21 heavy (non-hydrogen) atoms. The minimum atomic E-state index is -0.292. The van der Waals surface area contributed by atoms with Crippen molar-refractivity contribution < 1.29 is 9.53 Å². The second-order valence-corrected chi connectivity index (χ2v) is 6.29. The van der Waals surface area contributed by atoms with Crippen molar-refractivity contribution in [2.24, 2.45) is 5.92 Å². The van der Waals surface area contributed by atoms with Gasteiger partial charge in [-0.1, -0.05) is 68.7 Å². The number of ether oxygens (including phenoxy) is 1. The Balaban J connectivity index is 2.29. The second-order valence-electron chi connectivity index (χ2n) is 6.29. The lowest BCUT2D eigenvalue weighted by Gasteiger charge is -2.24. The molecule has 2 nitrogen and oxygen atoms in total. The van der Waals surface area contributed by atoms with Gasteiger partial charge in [0.25, 0.3) is 0 Å². The molecule has 1 aliphatic rings. The summed E-state index contributed by atoms with van der Waals surface area (Å²) in [7, 11) is 1.66. The van der Waals surface area contributed by atoms with Crippen molar-refractivity contribution in [3.63, 3.8) is 0 Å². The molecular weight excluding hydrogens is 260 g/mol. The van der Waals surface area contributed by atoms with Gasteiger partial charge in [-0.25, -0.2) is 0 Å². The molecule has 0 aromatic rings. The van der Waals surface area contributed by atoms with E-state index in [4.69, 9.17) is 4.74 Å². The smallest absolute Gasteiger partial charge is 0.162 e. The Labute approximate surface area is 130 Å². The van der Waals surface area contributed by atoms with E-state index in [2.05, 4.69) is 32.9 Å². The Morgan fingerprint density at radius 1 is 1.05 bits per heavy atom. The quantitative estimate of drug-likeness (QED) is 0.487. The van der Waals surface area contributed by atoms with Crippen LogP contribution in [0, 0.1) is 5.92 Å². The summed E-state index contributed by atoms with van der Waals surface area (Å²) in [4.78, 5) is 12.4. The van der Waals surface area contributed by atoms with Crippen molar-refractivity contribution in [1.29, 1.82) is 0 Å². The lowest BCUT2D eigenvalue weighted by molar-refractivity contribution is -0.130. The summed E-state index contributed by atoms with van der Waals surface area (Å²) in [6, 6.07) is 0. The minimum absolute atomic E-state index is 0.159. The highest BCUT2D eigenvalue weighted by Gasteiger charge is 2.31. The molecule has 1 unspecified atom stereocenters. The molecule has 0 amide bonds. The molecule has 0 aromatic carbocycles. The number of allylic oxidation sites excluding steroid dienone is 2. The van der Waals surface area contributed by atoms with Gasteiger partial charge in [0, 0.05) is 19.4 Å². The molecule has 0 saturated carbocycles. The molecule has 120 valence electrons. The summed E-state index contributed by atoms with van der Waals surface area (Å²) in [6.07, 6.45) is 13.3. The summed E-state index contributed by atoms with van der Waals surface area (Å²) < 4.78 is 5.52. The third-order valence-electron chi connectivity index (χ3n) is 4.49. The van der Waals surface area contributed by atoms with E-state index in [-0.39, 0.29) is 17.8 Å². The van der Waals surface area contributed by atoms with Crippen molar-refractivity contribution in [3.8, 4) is 0 Å². The summed E-state index contributed by atoms with van der Waals surface area (Å²) in [5.74, 6) is 0.422. The molecule has 0 spiro atoms. The molecule has 2 heteroatoms. The number of hydrogen-bond acceptors (Lipinski definition) is 2. The van der Waals surface area contributed by atoms with Crippen molar-refractivity contribution in [2.75, 3.05) is 7.11 Å². The fourth-order valence-electron chi connectivity index (χ4n) is 3.16. The lowest BCUT2D eigenvalue weighted by atomic mass is 9.87. The Morgan fingerprint density at radius 3 is 2.10 bits per heavy atom. The Morgan fingerprint density at radius 2 is 1.57 bits per heavy atom. The minimum Gasteiger partial charge on any atom is -0.373 e. The Bertz CT molecular complexity index is 361. The Hall–Kier alpha value is -0.890. The first-order valence-corrected chi connectivity index (χ1v) is 8.52. The maximum Gasteiger partial charge on any atom is 0.162 e. The maximum absolute atomic E-state index is 12.4. The number of hydrogen-bond donors (Lipinski definition) is 0. The monoisotopic (exact) mass is 292 g/mol. The SMILES string of the molecule is CCCCCCCCCC(=O)C(OC)C1C(C)=CC=C1C. The van der Waals surface area contributed by atoms with Crippen molar-refractivity contribution in [1.82, 2.24) is 0 Å². The molecule has 0 heterocycles. The first-order valence-electron chi connectivity index (χ1n) is 8.52. The molecule has 1 atom stereocenters. The number of ketones is 1. The van der Waals surface area contributed by atoms with E-state index in [1.165, 1.54) is 49.7 Å². The Kier molecular flexibility index (Phi) is 8.60. The van der Waals surface area contributed by atoms with E-state index >= 15 is 0 Å². The normalized spacial score (nSPS) is 16.8. The van der Waals surface area contributed by atoms with E-state index in [1.54, 1.807) is 7.11 Å². The van der Waals surface area contributed by atoms with Crippen LogP contribution in [-0.4, -0.2) is 19.0 Å². The zero-order valence-corrected chi connectivity index (χ0v) is 14.3. The van der Waals surface area contributed by atoms with E-state index < -0.39 is 0 Å². The highest BCUT2D eigenvalue weighted by molar-refractivity contribution is 5.84. The highest BCUT2D eigenvalue weighted by Crippen LogP contribution is 2.31. The van der Waals surface area contributed by atoms with Crippen LogP contribution in [0.5, 0.6) is 0 Å². The number of rotatable bonds is 11. The van der Waals surface area contributed by atoms with Crippen molar-refractivity contribution >= 4 is 5.78 Å². The van der Waals surface area contributed by atoms with Gasteiger partial charge in [0.1, 0.15) is 6.10 Å². The number of unbranched alkanes of at least 4 members (excludes halogenated alkanes) is 6. The van der Waals surface area contributed by atoms with Crippen LogP contribution >= 0.6 is 0 Å². The molecule has 0 radical (unpaired) electrons. The van der Waals surface area contributed by atoms with Gasteiger partial charge in [-0.15, -0.1) is 0 Å². The topological polar surface area (TPSA) is 26.3 Å². The lowest BCUT2D eigenvalue weighted by Crippen LogP contribution is -2.32. The van der Waals surface area contributed by atoms with E-state index in [1.807, 2.05) is 0 Å². The highest BCUT2D eigenvalue weighted by atomic mass is 16.5. The first-order chi connectivity index (χ1) is 10.1. The van der Waals surface area contributed by atoms with Crippen molar-refractivity contribution in [3.05, 3.63) is 23.3 Å². The van der Waals surface area contributed by atoms with Gasteiger partial charge in [0.15, 0.2) is 5.78 Å². The molecule has 0 fully saturated rings. The van der Waals surface area contributed by atoms with Crippen LogP contribution in [0.2, 0.25) is 0 Å². The fourth-order valence-corrected chi connectivity index (χ4v) is 3.16. The predicted octanol–water partition coefficient (Wildman–Crippen LogP) is 5.23. The molecule has 1 aliphatic carbocycles. The van der Waals surface area contributed by atoms with Crippen LogP contribution in [0.1, 0.15) is 72.1 Å².